The van der Waals surface area contributed by atoms with Gasteiger partial charge in [-0.25, -0.2) is 0 Å². The quantitative estimate of drug-likeness (QED) is 0.658. The van der Waals surface area contributed by atoms with E-state index in [1.807, 2.05) is 19.1 Å². The number of hydrogen-bond donors (Lipinski definition) is 3. The highest BCUT2D eigenvalue weighted by atomic mass is 16.2. The molecule has 20 heavy (non-hydrogen) atoms. The first-order chi connectivity index (χ1) is 9.60. The largest absolute Gasteiger partial charge is 0.354 e. The van der Waals surface area contributed by atoms with Crippen molar-refractivity contribution in [3.8, 4) is 11.8 Å². The van der Waals surface area contributed by atoms with E-state index in [2.05, 4.69) is 22.5 Å². The Hall–Kier alpha value is -2.32. The van der Waals surface area contributed by atoms with E-state index in [-0.39, 0.29) is 24.4 Å². The second-order valence-corrected chi connectivity index (χ2v) is 4.73. The third kappa shape index (κ3) is 3.37. The molecule has 2 amide bonds. The Morgan fingerprint density at radius 1 is 1.55 bits per heavy atom. The molecule has 1 aromatic rings. The van der Waals surface area contributed by atoms with Gasteiger partial charge in [0.1, 0.15) is 0 Å². The summed E-state index contributed by atoms with van der Waals surface area (Å²) in [4.78, 5) is 23.4. The summed E-state index contributed by atoms with van der Waals surface area (Å²) in [6, 6.07) is 5.34. The van der Waals surface area contributed by atoms with E-state index < -0.39 is 0 Å². The Morgan fingerprint density at radius 2 is 2.35 bits per heavy atom. The molecule has 1 aromatic carbocycles. The minimum absolute atomic E-state index is 0.0392. The zero-order chi connectivity index (χ0) is 14.5. The minimum atomic E-state index is -0.212. The van der Waals surface area contributed by atoms with Crippen molar-refractivity contribution in [1.29, 1.82) is 0 Å². The van der Waals surface area contributed by atoms with Crippen molar-refractivity contribution in [2.24, 2.45) is 5.73 Å². The van der Waals surface area contributed by atoms with Crippen molar-refractivity contribution in [2.45, 2.75) is 19.4 Å². The van der Waals surface area contributed by atoms with Crippen LogP contribution in [0.3, 0.4) is 0 Å². The molecule has 1 aliphatic rings. The van der Waals surface area contributed by atoms with Gasteiger partial charge in [0.05, 0.1) is 18.2 Å². The fourth-order valence-electron chi connectivity index (χ4n) is 2.07. The van der Waals surface area contributed by atoms with Crippen LogP contribution in [-0.4, -0.2) is 30.9 Å². The zero-order valence-electron chi connectivity index (χ0n) is 11.3. The van der Waals surface area contributed by atoms with Crippen molar-refractivity contribution in [1.82, 2.24) is 10.6 Å². The maximum Gasteiger partial charge on any atom is 0.252 e. The molecule has 1 atom stereocenters. The number of benzene rings is 1. The highest BCUT2D eigenvalue weighted by molar-refractivity contribution is 5.97. The molecule has 0 saturated carbocycles. The molecule has 104 valence electrons. The SMILES string of the molecule is Cc1ccc(C#CCN)c(C(=O)NC2CNC(=O)C2)c1. The number of nitrogens with two attached hydrogens (primary N) is 1. The van der Waals surface area contributed by atoms with Crippen molar-refractivity contribution in [2.75, 3.05) is 13.1 Å². The smallest absolute Gasteiger partial charge is 0.252 e. The molecule has 1 saturated heterocycles. The molecular formula is C15H17N3O2. The highest BCUT2D eigenvalue weighted by Gasteiger charge is 2.24. The van der Waals surface area contributed by atoms with Gasteiger partial charge in [0.25, 0.3) is 5.91 Å². The monoisotopic (exact) mass is 271 g/mol. The summed E-state index contributed by atoms with van der Waals surface area (Å²) >= 11 is 0. The van der Waals surface area contributed by atoms with Crippen LogP contribution in [0.4, 0.5) is 0 Å². The van der Waals surface area contributed by atoms with E-state index >= 15 is 0 Å². The molecule has 4 N–H and O–H groups in total. The van der Waals surface area contributed by atoms with Crippen molar-refractivity contribution < 1.29 is 9.59 Å². The average Bonchev–Trinajstić information content (AvgIpc) is 2.82. The molecule has 2 rings (SSSR count). The molecule has 0 aromatic heterocycles. The predicted molar refractivity (Wildman–Crippen MR) is 76.0 cm³/mol. The van der Waals surface area contributed by atoms with Crippen LogP contribution in [0, 0.1) is 18.8 Å². The average molecular weight is 271 g/mol. The lowest BCUT2D eigenvalue weighted by atomic mass is 10.0. The summed E-state index contributed by atoms with van der Waals surface area (Å²) in [7, 11) is 0. The first-order valence-corrected chi connectivity index (χ1v) is 6.47. The van der Waals surface area contributed by atoms with Crippen LogP contribution in [-0.2, 0) is 4.79 Å². The standard InChI is InChI=1S/C15H17N3O2/c1-10-4-5-11(3-2-6-16)13(7-10)15(20)18-12-8-14(19)17-9-12/h4-5,7,12H,6,8-9,16H2,1H3,(H,17,19)(H,18,20). The molecule has 5 nitrogen and oxygen atoms in total. The Balaban J connectivity index is 2.19. The number of hydrogen-bond acceptors (Lipinski definition) is 3. The molecule has 1 unspecified atom stereocenters. The lowest BCUT2D eigenvalue weighted by molar-refractivity contribution is -0.119. The lowest BCUT2D eigenvalue weighted by Crippen LogP contribution is -2.36. The molecule has 5 heteroatoms. The number of carbonyl (C=O) groups is 2. The number of rotatable bonds is 2. The fourth-order valence-corrected chi connectivity index (χ4v) is 2.07. The van der Waals surface area contributed by atoms with E-state index in [0.717, 1.165) is 5.56 Å². The van der Waals surface area contributed by atoms with Crippen molar-refractivity contribution in [3.63, 3.8) is 0 Å². The molecule has 0 aliphatic carbocycles. The van der Waals surface area contributed by atoms with Gasteiger partial charge in [0, 0.05) is 18.5 Å². The summed E-state index contributed by atoms with van der Waals surface area (Å²) in [5.74, 6) is 5.40. The van der Waals surface area contributed by atoms with Crippen LogP contribution in [0.15, 0.2) is 18.2 Å². The van der Waals surface area contributed by atoms with Crippen LogP contribution >= 0.6 is 0 Å². The first-order valence-electron chi connectivity index (χ1n) is 6.47. The van der Waals surface area contributed by atoms with Gasteiger partial charge >= 0.3 is 0 Å². The molecule has 1 heterocycles. The molecular weight excluding hydrogens is 254 g/mol. The van der Waals surface area contributed by atoms with E-state index in [0.29, 0.717) is 24.1 Å². The minimum Gasteiger partial charge on any atom is -0.354 e. The van der Waals surface area contributed by atoms with Crippen LogP contribution in [0.1, 0.15) is 27.9 Å². The highest BCUT2D eigenvalue weighted by Crippen LogP contribution is 2.12. The van der Waals surface area contributed by atoms with Gasteiger partial charge in [0.2, 0.25) is 5.91 Å². The van der Waals surface area contributed by atoms with E-state index in [1.165, 1.54) is 0 Å². The van der Waals surface area contributed by atoms with Gasteiger partial charge in [-0.15, -0.1) is 0 Å². The van der Waals surface area contributed by atoms with Gasteiger partial charge in [0.15, 0.2) is 0 Å². The number of amides is 2. The van der Waals surface area contributed by atoms with Crippen molar-refractivity contribution >= 4 is 11.8 Å². The van der Waals surface area contributed by atoms with E-state index in [9.17, 15) is 9.59 Å². The number of aryl methyl sites for hydroxylation is 1. The topological polar surface area (TPSA) is 84.2 Å². The molecule has 0 bridgehead atoms. The summed E-state index contributed by atoms with van der Waals surface area (Å²) in [6.07, 6.45) is 0.321. The maximum atomic E-state index is 12.3. The first kappa shape index (κ1) is 14.1. The Labute approximate surface area is 117 Å². The van der Waals surface area contributed by atoms with Gasteiger partial charge in [-0.1, -0.05) is 23.5 Å². The molecule has 1 aliphatic heterocycles. The molecule has 1 fully saturated rings. The fraction of sp³-hybridized carbons (Fsp3) is 0.333. The van der Waals surface area contributed by atoms with Crippen LogP contribution < -0.4 is 16.4 Å². The van der Waals surface area contributed by atoms with Crippen molar-refractivity contribution in [3.05, 3.63) is 34.9 Å². The van der Waals surface area contributed by atoms with Gasteiger partial charge < -0.3 is 16.4 Å². The normalized spacial score (nSPS) is 17.1. The summed E-state index contributed by atoms with van der Waals surface area (Å²) in [6.45, 7) is 2.63. The zero-order valence-corrected chi connectivity index (χ0v) is 11.3. The van der Waals surface area contributed by atoms with E-state index in [1.54, 1.807) is 6.07 Å². The Bertz CT molecular complexity index is 599. The Morgan fingerprint density at radius 3 is 3.00 bits per heavy atom. The van der Waals surface area contributed by atoms with Gasteiger partial charge in [-0.3, -0.25) is 9.59 Å². The van der Waals surface area contributed by atoms with Crippen LogP contribution in [0.25, 0.3) is 0 Å². The van der Waals surface area contributed by atoms with E-state index in [4.69, 9.17) is 5.73 Å². The second-order valence-electron chi connectivity index (χ2n) is 4.73. The third-order valence-corrected chi connectivity index (χ3v) is 3.06. The second kappa shape index (κ2) is 6.22. The molecule has 0 radical (unpaired) electrons. The maximum absolute atomic E-state index is 12.3. The summed E-state index contributed by atoms with van der Waals surface area (Å²) in [5, 5.41) is 5.54. The molecule has 0 spiro atoms. The van der Waals surface area contributed by atoms with Crippen LogP contribution in [0.2, 0.25) is 0 Å². The predicted octanol–water partition coefficient (Wildman–Crippen LogP) is -0.0765. The van der Waals surface area contributed by atoms with Gasteiger partial charge in [-0.2, -0.15) is 0 Å². The number of nitrogens with one attached hydrogen (secondary N) is 2. The number of carbonyl (C=O) groups excluding carboxylic acids is 2. The Kier molecular flexibility index (Phi) is 4.38. The summed E-state index contributed by atoms with van der Waals surface area (Å²) in [5.41, 5.74) is 7.51. The summed E-state index contributed by atoms with van der Waals surface area (Å²) < 4.78 is 0. The lowest BCUT2D eigenvalue weighted by Gasteiger charge is -2.12. The third-order valence-electron chi connectivity index (χ3n) is 3.06. The van der Waals surface area contributed by atoms with Gasteiger partial charge in [-0.05, 0) is 19.1 Å². The van der Waals surface area contributed by atoms with Crippen LogP contribution in [0.5, 0.6) is 0 Å².